The van der Waals surface area contributed by atoms with Crippen LogP contribution in [0, 0.1) is 0 Å². The molecule has 0 atom stereocenters. The fourth-order valence-electron chi connectivity index (χ4n) is 8.87. The van der Waals surface area contributed by atoms with Crippen molar-refractivity contribution in [1.82, 2.24) is 0 Å². The van der Waals surface area contributed by atoms with Crippen LogP contribution in [0.5, 0.6) is 0 Å². The molecule has 0 fully saturated rings. The molecule has 0 aliphatic heterocycles. The monoisotopic (exact) mass is 763 g/mol. The molecule has 10 rings (SSSR count). The number of thiophene rings is 1. The van der Waals surface area contributed by atoms with Crippen LogP contribution in [0.15, 0.2) is 188 Å². The number of hydrogen-bond acceptors (Lipinski definition) is 2. The molecule has 1 heterocycles. The van der Waals surface area contributed by atoms with Crippen molar-refractivity contribution in [1.29, 1.82) is 0 Å². The Kier molecular flexibility index (Phi) is 9.16. The molecule has 58 heavy (non-hydrogen) atoms. The van der Waals surface area contributed by atoms with Gasteiger partial charge in [-0.15, -0.1) is 11.3 Å². The zero-order chi connectivity index (χ0) is 39.2. The number of rotatable bonds is 7. The van der Waals surface area contributed by atoms with Crippen LogP contribution < -0.4 is 15.3 Å². The Balaban J connectivity index is 1.27. The molecule has 0 saturated heterocycles. The van der Waals surface area contributed by atoms with Crippen LogP contribution in [0.2, 0.25) is 0 Å². The van der Waals surface area contributed by atoms with E-state index < -0.39 is 0 Å². The van der Waals surface area contributed by atoms with Gasteiger partial charge in [0.05, 0.1) is 11.4 Å². The van der Waals surface area contributed by atoms with Gasteiger partial charge in [0.25, 0.3) is 0 Å². The van der Waals surface area contributed by atoms with Gasteiger partial charge >= 0.3 is 0 Å². The van der Waals surface area contributed by atoms with Crippen LogP contribution in [0.25, 0.3) is 65.2 Å². The van der Waals surface area contributed by atoms with Gasteiger partial charge in [-0.3, -0.25) is 0 Å². The van der Waals surface area contributed by atoms with Gasteiger partial charge < -0.3 is 4.90 Å². The third-order valence-corrected chi connectivity index (χ3v) is 12.9. The summed E-state index contributed by atoms with van der Waals surface area (Å²) in [6.45, 7) is 6.94. The summed E-state index contributed by atoms with van der Waals surface area (Å²) in [7, 11) is 0. The molecule has 0 bridgehead atoms. The summed E-state index contributed by atoms with van der Waals surface area (Å²) < 4.78 is 2.65. The summed E-state index contributed by atoms with van der Waals surface area (Å²) in [6, 6.07) is 69.6. The van der Waals surface area contributed by atoms with Crippen LogP contribution >= 0.6 is 11.3 Å². The lowest BCUT2D eigenvalue weighted by molar-refractivity contribution is 0.590. The highest BCUT2D eigenvalue weighted by Gasteiger charge is 2.25. The molecule has 2 heteroatoms. The largest absolute Gasteiger partial charge is 0.309 e. The average molecular weight is 764 g/mol. The van der Waals surface area contributed by atoms with Gasteiger partial charge in [-0.05, 0) is 98.0 Å². The van der Waals surface area contributed by atoms with Gasteiger partial charge in [0, 0.05) is 37.0 Å². The minimum Gasteiger partial charge on any atom is -0.309 e. The van der Waals surface area contributed by atoms with E-state index in [4.69, 9.17) is 0 Å². The van der Waals surface area contributed by atoms with E-state index in [0.29, 0.717) is 0 Å². The van der Waals surface area contributed by atoms with Crippen molar-refractivity contribution in [2.75, 3.05) is 4.90 Å². The van der Waals surface area contributed by atoms with E-state index >= 15 is 0 Å². The highest BCUT2D eigenvalue weighted by atomic mass is 32.1. The van der Waals surface area contributed by atoms with E-state index in [0.717, 1.165) is 18.5 Å². The normalized spacial score (nSPS) is 12.7. The molecule has 1 aromatic heterocycles. The minimum atomic E-state index is -0.0503. The summed E-state index contributed by atoms with van der Waals surface area (Å²) in [6.07, 6.45) is 4.38. The van der Waals surface area contributed by atoms with E-state index in [1.54, 1.807) is 0 Å². The number of hydrogen-bond donors (Lipinski definition) is 0. The van der Waals surface area contributed by atoms with Crippen molar-refractivity contribution < 1.29 is 0 Å². The summed E-state index contributed by atoms with van der Waals surface area (Å²) in [5, 5.41) is 5.28. The Morgan fingerprint density at radius 1 is 0.483 bits per heavy atom. The second kappa shape index (κ2) is 14.8. The maximum absolute atomic E-state index is 2.55. The standard InChI is InChI=1S/C56H45NS/c1-56(2,3)42-34-35-44(38-18-6-4-7-19-38)52(37-42)57(43-25-14-24-41(36-43)46-29-17-31-50-48-27-11-13-33-53(48)58-55(46)50)51-32-12-10-26-47(51)49-30-16-23-40-22-15-28-45(54(40)49)39-20-8-5-9-21-39/h4-15,17-29,31-37H,16,30H2,1-3H3. The van der Waals surface area contributed by atoms with E-state index in [-0.39, 0.29) is 5.41 Å². The van der Waals surface area contributed by atoms with Crippen molar-refractivity contribution in [2.24, 2.45) is 0 Å². The molecule has 0 unspecified atom stereocenters. The zero-order valence-electron chi connectivity index (χ0n) is 33.2. The SMILES string of the molecule is CC(C)(C)c1ccc(-c2ccccc2)c(N(c2cccc(-c3cccc4c3sc3ccccc34)c2)c2ccccc2C2=c3c(-c4ccccc4)cccc3=CCC2)c1. The van der Waals surface area contributed by atoms with Crippen molar-refractivity contribution in [3.05, 3.63) is 210 Å². The van der Waals surface area contributed by atoms with E-state index in [9.17, 15) is 0 Å². The molecule has 1 aliphatic rings. The topological polar surface area (TPSA) is 3.24 Å². The maximum atomic E-state index is 2.55. The first-order valence-electron chi connectivity index (χ1n) is 20.4. The Hall–Kier alpha value is -6.48. The van der Waals surface area contributed by atoms with E-state index in [1.807, 2.05) is 11.3 Å². The highest BCUT2D eigenvalue weighted by molar-refractivity contribution is 7.26. The summed E-state index contributed by atoms with van der Waals surface area (Å²) in [4.78, 5) is 2.55. The molecule has 8 aromatic carbocycles. The van der Waals surface area contributed by atoms with Gasteiger partial charge in [0.15, 0.2) is 0 Å². The van der Waals surface area contributed by atoms with Gasteiger partial charge in [-0.1, -0.05) is 185 Å². The van der Waals surface area contributed by atoms with Crippen molar-refractivity contribution in [3.8, 4) is 33.4 Å². The number of para-hydroxylation sites is 1. The Bertz CT molecular complexity index is 3090. The third kappa shape index (κ3) is 6.44. The second-order valence-electron chi connectivity index (χ2n) is 16.4. The number of anilines is 3. The molecular weight excluding hydrogens is 719 g/mol. The predicted octanol–water partition coefficient (Wildman–Crippen LogP) is 14.6. The smallest absolute Gasteiger partial charge is 0.0543 e. The zero-order valence-corrected chi connectivity index (χ0v) is 34.1. The van der Waals surface area contributed by atoms with Gasteiger partial charge in [0.1, 0.15) is 0 Å². The summed E-state index contributed by atoms with van der Waals surface area (Å²) in [5.41, 5.74) is 14.8. The number of benzene rings is 8. The number of fused-ring (bicyclic) bond motifs is 4. The third-order valence-electron chi connectivity index (χ3n) is 11.7. The van der Waals surface area contributed by atoms with Crippen LogP contribution in [0.1, 0.15) is 44.7 Å². The first-order valence-corrected chi connectivity index (χ1v) is 21.2. The summed E-state index contributed by atoms with van der Waals surface area (Å²) in [5.74, 6) is 0. The summed E-state index contributed by atoms with van der Waals surface area (Å²) >= 11 is 1.89. The molecule has 0 spiro atoms. The highest BCUT2D eigenvalue weighted by Crippen LogP contribution is 2.47. The fourth-order valence-corrected chi connectivity index (χ4v) is 10.1. The molecule has 9 aromatic rings. The lowest BCUT2D eigenvalue weighted by Gasteiger charge is -2.32. The van der Waals surface area contributed by atoms with E-state index in [1.165, 1.54) is 92.1 Å². The molecule has 0 amide bonds. The Labute approximate surface area is 345 Å². The molecule has 0 radical (unpaired) electrons. The first kappa shape index (κ1) is 35.9. The number of nitrogens with zero attached hydrogens (tertiary/aromatic N) is 1. The average Bonchev–Trinajstić information content (AvgIpc) is 3.66. The molecule has 0 N–H and O–H groups in total. The lowest BCUT2D eigenvalue weighted by Crippen LogP contribution is -2.32. The minimum absolute atomic E-state index is 0.0503. The van der Waals surface area contributed by atoms with Crippen molar-refractivity contribution in [2.45, 2.75) is 39.0 Å². The van der Waals surface area contributed by atoms with Crippen LogP contribution in [-0.4, -0.2) is 0 Å². The second-order valence-corrected chi connectivity index (χ2v) is 17.4. The van der Waals surface area contributed by atoms with E-state index in [2.05, 4.69) is 220 Å². The van der Waals surface area contributed by atoms with Crippen molar-refractivity contribution >= 4 is 60.2 Å². The van der Waals surface area contributed by atoms with Crippen molar-refractivity contribution in [3.63, 3.8) is 0 Å². The van der Waals surface area contributed by atoms with Crippen LogP contribution in [0.3, 0.4) is 0 Å². The Morgan fingerprint density at radius 2 is 1.12 bits per heavy atom. The molecule has 280 valence electrons. The maximum Gasteiger partial charge on any atom is 0.0543 e. The Morgan fingerprint density at radius 3 is 1.93 bits per heavy atom. The first-order chi connectivity index (χ1) is 28.4. The quantitative estimate of drug-likeness (QED) is 0.156. The van der Waals surface area contributed by atoms with Crippen LogP contribution in [0.4, 0.5) is 17.1 Å². The predicted molar refractivity (Wildman–Crippen MR) is 251 cm³/mol. The van der Waals surface area contributed by atoms with Gasteiger partial charge in [0.2, 0.25) is 0 Å². The van der Waals surface area contributed by atoms with Gasteiger partial charge in [-0.2, -0.15) is 0 Å². The van der Waals surface area contributed by atoms with Gasteiger partial charge in [-0.25, -0.2) is 0 Å². The fraction of sp³-hybridized carbons (Fsp3) is 0.107. The van der Waals surface area contributed by atoms with Crippen LogP contribution in [-0.2, 0) is 5.41 Å². The molecule has 1 nitrogen and oxygen atoms in total. The lowest BCUT2D eigenvalue weighted by atomic mass is 9.84. The molecular formula is C56H45NS. The molecule has 0 saturated carbocycles. The molecule has 1 aliphatic carbocycles.